The molecule has 0 saturated carbocycles. The molecule has 0 nitrogen and oxygen atoms in total. The van der Waals surface area contributed by atoms with Gasteiger partial charge < -0.3 is 0 Å². The summed E-state index contributed by atoms with van der Waals surface area (Å²) < 4.78 is 0. The van der Waals surface area contributed by atoms with Crippen LogP contribution in [0.4, 0.5) is 0 Å². The molecule has 0 aliphatic rings. The van der Waals surface area contributed by atoms with Gasteiger partial charge in [-0.3, -0.25) is 0 Å². The largest absolute Gasteiger partial charge is 3.00 e. The molecule has 0 bridgehead atoms. The smallest absolute Gasteiger partial charge is 1.00 e. The van der Waals surface area contributed by atoms with E-state index in [0.717, 1.165) is 0 Å². The minimum atomic E-state index is 0. The molecular weight excluding hydrogens is 198 g/mol. The Kier molecular flexibility index (Phi) is 422. The molecule has 0 unspecified atom stereocenters. The van der Waals surface area contributed by atoms with E-state index in [1.54, 1.807) is 0 Å². The van der Waals surface area contributed by atoms with E-state index >= 15 is 0 Å². The quantitative estimate of drug-likeness (QED) is 0.399. The number of hydrogen-bond donors (Lipinski definition) is 0. The molecule has 0 saturated heterocycles. The van der Waals surface area contributed by atoms with Crippen LogP contribution in [0.25, 0.3) is 0 Å². The molecule has 0 spiro atoms. The van der Waals surface area contributed by atoms with E-state index in [-0.39, 0.29) is 104 Å². The predicted octanol–water partition coefficient (Wildman–Crippen LogP) is -1.91. The van der Waals surface area contributed by atoms with Crippen LogP contribution in [0.5, 0.6) is 0 Å². The Morgan fingerprint density at radius 2 is 0.333 bits per heavy atom. The molecule has 6 heteroatoms. The number of rotatable bonds is 0. The van der Waals surface area contributed by atoms with Crippen LogP contribution < -0.4 is 0 Å². The summed E-state index contributed by atoms with van der Waals surface area (Å²) in [5, 5.41) is 0. The van der Waals surface area contributed by atoms with Gasteiger partial charge in [0.1, 0.15) is 0 Å². The van der Waals surface area contributed by atoms with Crippen LogP contribution in [0.2, 0.25) is 0 Å². The predicted molar refractivity (Wildman–Crippen MR) is 28.8 cm³/mol. The first kappa shape index (κ1) is 60.7. The Morgan fingerprint density at radius 1 is 0.333 bits per heavy atom. The van der Waals surface area contributed by atoms with E-state index in [1.807, 2.05) is 0 Å². The van der Waals surface area contributed by atoms with E-state index in [4.69, 9.17) is 0 Å². The minimum Gasteiger partial charge on any atom is 1.00 e. The van der Waals surface area contributed by atoms with Crippen molar-refractivity contribution in [1.29, 1.82) is 0 Å². The van der Waals surface area contributed by atoms with E-state index < -0.39 is 0 Å². The van der Waals surface area contributed by atoms with Crippen molar-refractivity contribution in [3.8, 4) is 0 Å². The molecule has 0 aliphatic carbocycles. The van der Waals surface area contributed by atoms with Crippen molar-refractivity contribution in [2.24, 2.45) is 0 Å². The molecule has 0 atom stereocenters. The normalized spacial score (nSPS) is 0. The summed E-state index contributed by atoms with van der Waals surface area (Å²) in [5.74, 6) is 0. The Morgan fingerprint density at radius 3 is 0.333 bits per heavy atom. The monoisotopic (exact) mass is 198 g/mol. The van der Waals surface area contributed by atoms with Crippen molar-refractivity contribution in [2.75, 3.05) is 0 Å². The summed E-state index contributed by atoms with van der Waals surface area (Å²) in [4.78, 5) is 0. The fourth-order valence-electron chi connectivity index (χ4n) is 0. The van der Waals surface area contributed by atoms with Crippen LogP contribution in [0.3, 0.4) is 0 Å². The third kappa shape index (κ3) is 27.1. The van der Waals surface area contributed by atoms with Gasteiger partial charge in [0.25, 0.3) is 0 Å². The Balaban J connectivity index is 0. The zero-order valence-electron chi connectivity index (χ0n) is 3.19. The summed E-state index contributed by atoms with van der Waals surface area (Å²) in [6.45, 7) is 0. The second kappa shape index (κ2) is 41.7. The molecule has 0 aromatic carbocycles. The molecule has 10 valence electrons. The molecule has 0 fully saturated rings. The summed E-state index contributed by atoms with van der Waals surface area (Å²) in [7, 11) is 0. The summed E-state index contributed by atoms with van der Waals surface area (Å²) in [5.41, 5.74) is 0. The summed E-state index contributed by atoms with van der Waals surface area (Å²) in [6.07, 6.45) is 0. The van der Waals surface area contributed by atoms with E-state index in [0.29, 0.717) is 0 Å². The third-order valence-electron chi connectivity index (χ3n) is 0. The Hall–Kier alpha value is 3.18. The Labute approximate surface area is 102 Å². The van der Waals surface area contributed by atoms with Gasteiger partial charge in [0, 0.05) is 0 Å². The van der Waals surface area contributed by atoms with Crippen LogP contribution in [-0.2, 0) is 17.1 Å². The van der Waals surface area contributed by atoms with Crippen molar-refractivity contribution in [3.05, 3.63) is 0 Å². The molecule has 0 rings (SSSR count). The molecular formula is Al5Cu+16. The summed E-state index contributed by atoms with van der Waals surface area (Å²) >= 11 is 0. The van der Waals surface area contributed by atoms with Gasteiger partial charge in [-0.2, -0.15) is 0 Å². The van der Waals surface area contributed by atoms with Crippen LogP contribution in [0, 0.1) is 0 Å². The fraction of sp³-hybridized carbons (Fsp3) is 0. The van der Waals surface area contributed by atoms with E-state index in [2.05, 4.69) is 0 Å². The second-order valence-electron chi connectivity index (χ2n) is 0. The first-order chi connectivity index (χ1) is 0. The first-order valence-corrected chi connectivity index (χ1v) is 0. The molecule has 0 aromatic heterocycles. The van der Waals surface area contributed by atoms with Gasteiger partial charge in [-0.1, -0.05) is 0 Å². The maximum atomic E-state index is 0. The topological polar surface area (TPSA) is 0 Å². The molecule has 6 heavy (non-hydrogen) atoms. The summed E-state index contributed by atoms with van der Waals surface area (Å²) in [6, 6.07) is 0. The average Bonchev–Trinajstić information content (AvgIpc) is 0. The number of hydrogen-bond acceptors (Lipinski definition) is 0. The van der Waals surface area contributed by atoms with Crippen molar-refractivity contribution < 1.29 is 17.1 Å². The van der Waals surface area contributed by atoms with Crippen LogP contribution in [0.15, 0.2) is 0 Å². The fourth-order valence-corrected chi connectivity index (χ4v) is 0. The first-order valence-electron chi connectivity index (χ1n) is 0. The SMILES string of the molecule is [Al+3].[Al+3].[Al+3].[Al+3].[Al+3].[Cu+]. The molecule has 0 heterocycles. The zero-order valence-corrected chi connectivity index (χ0v) is 9.90. The molecule has 0 N–H and O–H groups in total. The van der Waals surface area contributed by atoms with Crippen molar-refractivity contribution >= 4 is 86.8 Å². The van der Waals surface area contributed by atoms with Gasteiger partial charge in [0.2, 0.25) is 0 Å². The van der Waals surface area contributed by atoms with Gasteiger partial charge in [0.15, 0.2) is 0 Å². The Bertz CT molecular complexity index is 3.90. The maximum absolute atomic E-state index is 0. The van der Waals surface area contributed by atoms with Gasteiger partial charge in [-0.15, -0.1) is 0 Å². The minimum absolute atomic E-state index is 0. The van der Waals surface area contributed by atoms with Crippen LogP contribution >= 0.6 is 0 Å². The zero-order chi connectivity index (χ0) is 0. The van der Waals surface area contributed by atoms with Gasteiger partial charge in [-0.05, 0) is 0 Å². The van der Waals surface area contributed by atoms with Crippen LogP contribution in [0.1, 0.15) is 0 Å². The van der Waals surface area contributed by atoms with Gasteiger partial charge in [0.05, 0.1) is 0 Å². The van der Waals surface area contributed by atoms with E-state index in [1.165, 1.54) is 0 Å². The molecule has 0 radical (unpaired) electrons. The van der Waals surface area contributed by atoms with E-state index in [9.17, 15) is 0 Å². The average molecular weight is 198 g/mol. The van der Waals surface area contributed by atoms with Gasteiger partial charge >= 0.3 is 104 Å². The molecule has 0 aromatic rings. The second-order valence-corrected chi connectivity index (χ2v) is 0. The maximum Gasteiger partial charge on any atom is 3.00 e. The van der Waals surface area contributed by atoms with Gasteiger partial charge in [-0.25, -0.2) is 0 Å². The molecule has 0 aliphatic heterocycles. The third-order valence-corrected chi connectivity index (χ3v) is 0. The van der Waals surface area contributed by atoms with Crippen LogP contribution in [-0.4, -0.2) is 86.8 Å². The van der Waals surface area contributed by atoms with Crippen molar-refractivity contribution in [1.82, 2.24) is 0 Å². The van der Waals surface area contributed by atoms with Crippen molar-refractivity contribution in [2.45, 2.75) is 0 Å². The standard InChI is InChI=1S/5Al.Cu/q5*+3;+1. The van der Waals surface area contributed by atoms with Crippen molar-refractivity contribution in [3.63, 3.8) is 0 Å². The molecule has 0 amide bonds.